The van der Waals surface area contributed by atoms with Crippen LogP contribution in [0.1, 0.15) is 66.2 Å². The Hall–Kier alpha value is -2.88. The molecule has 0 N–H and O–H groups in total. The van der Waals surface area contributed by atoms with Crippen molar-refractivity contribution < 1.29 is 4.52 Å². The second-order valence-electron chi connectivity index (χ2n) is 10.2. The van der Waals surface area contributed by atoms with E-state index in [2.05, 4.69) is 65.3 Å². The van der Waals surface area contributed by atoms with Crippen LogP contribution in [0.4, 0.5) is 5.69 Å². The molecule has 164 valence electrons. The normalized spacial score (nSPS) is 19.7. The van der Waals surface area contributed by atoms with Crippen molar-refractivity contribution in [1.29, 1.82) is 0 Å². The zero-order valence-corrected chi connectivity index (χ0v) is 19.3. The molecule has 4 heteroatoms. The summed E-state index contributed by atoms with van der Waals surface area (Å²) in [4.78, 5) is 6.97. The predicted molar refractivity (Wildman–Crippen MR) is 129 cm³/mol. The van der Waals surface area contributed by atoms with Crippen molar-refractivity contribution in [2.75, 3.05) is 18.0 Å². The molecule has 3 aromatic rings. The van der Waals surface area contributed by atoms with Gasteiger partial charge in [-0.1, -0.05) is 29.4 Å². The molecule has 1 saturated carbocycles. The fraction of sp³-hybridized carbons (Fsp3) is 0.429. The minimum absolute atomic E-state index is 0.333. The minimum atomic E-state index is 0.333. The number of rotatable bonds is 4. The molecule has 6 rings (SSSR count). The molecule has 1 spiro atoms. The number of aromatic nitrogens is 2. The highest BCUT2D eigenvalue weighted by Gasteiger charge is 2.44. The summed E-state index contributed by atoms with van der Waals surface area (Å²) >= 11 is 0. The highest BCUT2D eigenvalue weighted by atomic mass is 16.5. The van der Waals surface area contributed by atoms with E-state index in [0.29, 0.717) is 11.3 Å². The lowest BCUT2D eigenvalue weighted by atomic mass is 9.63. The van der Waals surface area contributed by atoms with Crippen molar-refractivity contribution >= 4 is 11.3 Å². The van der Waals surface area contributed by atoms with E-state index in [1.807, 2.05) is 13.1 Å². The van der Waals surface area contributed by atoms with E-state index in [1.54, 1.807) is 0 Å². The van der Waals surface area contributed by atoms with Gasteiger partial charge in [0.25, 0.3) is 0 Å². The first-order valence-corrected chi connectivity index (χ1v) is 12.0. The summed E-state index contributed by atoms with van der Waals surface area (Å²) in [5, 5.41) is 4.63. The Balaban J connectivity index is 1.28. The molecule has 2 fully saturated rings. The number of pyridine rings is 1. The van der Waals surface area contributed by atoms with Crippen LogP contribution in [0.3, 0.4) is 0 Å². The number of aryl methyl sites for hydroxylation is 3. The molecule has 0 radical (unpaired) electrons. The highest BCUT2D eigenvalue weighted by molar-refractivity contribution is 5.86. The van der Waals surface area contributed by atoms with Crippen molar-refractivity contribution in [1.82, 2.24) is 10.1 Å². The van der Waals surface area contributed by atoms with E-state index in [1.165, 1.54) is 59.2 Å². The molecule has 1 aromatic carbocycles. The first kappa shape index (κ1) is 19.8. The zero-order valence-electron chi connectivity index (χ0n) is 19.3. The van der Waals surface area contributed by atoms with Gasteiger partial charge in [-0.3, -0.25) is 4.98 Å². The Kier molecular flexibility index (Phi) is 4.53. The number of nitrogens with zero attached hydrogens (tertiary/aromatic N) is 3. The Bertz CT molecular complexity index is 1170. The maximum atomic E-state index is 6.00. The Morgan fingerprint density at radius 1 is 0.969 bits per heavy atom. The summed E-state index contributed by atoms with van der Waals surface area (Å²) in [7, 11) is 0. The maximum Gasteiger partial charge on any atom is 0.147 e. The van der Waals surface area contributed by atoms with Crippen LogP contribution in [-0.4, -0.2) is 23.2 Å². The first-order valence-electron chi connectivity index (χ1n) is 12.0. The second kappa shape index (κ2) is 7.33. The van der Waals surface area contributed by atoms with Crippen LogP contribution in [0.15, 0.2) is 47.1 Å². The summed E-state index contributed by atoms with van der Waals surface area (Å²) in [6.07, 6.45) is 10.6. The first-order chi connectivity index (χ1) is 15.5. The van der Waals surface area contributed by atoms with Gasteiger partial charge in [0, 0.05) is 35.8 Å². The van der Waals surface area contributed by atoms with Gasteiger partial charge in [0.15, 0.2) is 0 Å². The van der Waals surface area contributed by atoms with Crippen molar-refractivity contribution in [3.8, 4) is 11.3 Å². The van der Waals surface area contributed by atoms with E-state index in [-0.39, 0.29) is 0 Å². The van der Waals surface area contributed by atoms with Crippen molar-refractivity contribution in [3.63, 3.8) is 0 Å². The van der Waals surface area contributed by atoms with Crippen molar-refractivity contribution in [3.05, 3.63) is 70.7 Å². The number of allylic oxidation sites excluding steroid dienone is 2. The van der Waals surface area contributed by atoms with Crippen LogP contribution in [-0.2, 0) is 0 Å². The average Bonchev–Trinajstić information content (AvgIpc) is 3.53. The average molecular weight is 426 g/mol. The van der Waals surface area contributed by atoms with Crippen LogP contribution >= 0.6 is 0 Å². The Morgan fingerprint density at radius 3 is 2.31 bits per heavy atom. The van der Waals surface area contributed by atoms with Crippen molar-refractivity contribution in [2.45, 2.75) is 58.8 Å². The second-order valence-corrected chi connectivity index (χ2v) is 10.2. The van der Waals surface area contributed by atoms with Gasteiger partial charge < -0.3 is 9.42 Å². The fourth-order valence-electron chi connectivity index (χ4n) is 5.65. The van der Waals surface area contributed by atoms with Gasteiger partial charge in [0.05, 0.1) is 11.9 Å². The van der Waals surface area contributed by atoms with Gasteiger partial charge in [-0.2, -0.15) is 0 Å². The summed E-state index contributed by atoms with van der Waals surface area (Å²) in [5.41, 5.74) is 10.3. The van der Waals surface area contributed by atoms with Gasteiger partial charge in [-0.25, -0.2) is 0 Å². The molecular formula is C28H31N3O. The van der Waals surface area contributed by atoms with Crippen LogP contribution < -0.4 is 4.90 Å². The van der Waals surface area contributed by atoms with Gasteiger partial charge in [0.2, 0.25) is 0 Å². The molecular weight excluding hydrogens is 394 g/mol. The number of anilines is 1. The van der Waals surface area contributed by atoms with Crippen LogP contribution in [0.2, 0.25) is 0 Å². The highest BCUT2D eigenvalue weighted by Crippen LogP contribution is 2.56. The molecule has 2 aromatic heterocycles. The molecule has 1 saturated heterocycles. The lowest BCUT2D eigenvalue weighted by Crippen LogP contribution is -2.42. The van der Waals surface area contributed by atoms with Crippen LogP contribution in [0, 0.1) is 26.2 Å². The van der Waals surface area contributed by atoms with Gasteiger partial charge in [-0.05, 0) is 87.1 Å². The molecule has 0 unspecified atom stereocenters. The number of hydrogen-bond acceptors (Lipinski definition) is 4. The molecule has 4 nitrogen and oxygen atoms in total. The van der Waals surface area contributed by atoms with E-state index in [9.17, 15) is 0 Å². The standard InChI is InChI=1S/C28H31N3O/c1-18-5-4-6-19(2)24(18)26-25(27(32-30-26)21-8-9-21)22-15-28(16-22)11-13-31(14-12-28)23-10-7-20(3)29-17-23/h4-7,10,15,17,21H,8-9,11-14,16H2,1-3H3. The molecule has 0 bridgehead atoms. The lowest BCUT2D eigenvalue weighted by Gasteiger charge is -2.47. The van der Waals surface area contributed by atoms with E-state index >= 15 is 0 Å². The fourth-order valence-corrected chi connectivity index (χ4v) is 5.65. The molecule has 1 aliphatic heterocycles. The number of benzene rings is 1. The number of hydrogen-bond donors (Lipinski definition) is 0. The van der Waals surface area contributed by atoms with Crippen LogP contribution in [0.5, 0.6) is 0 Å². The minimum Gasteiger partial charge on any atom is -0.370 e. The molecule has 32 heavy (non-hydrogen) atoms. The predicted octanol–water partition coefficient (Wildman–Crippen LogP) is 6.61. The quantitative estimate of drug-likeness (QED) is 0.471. The Labute approximate surface area is 190 Å². The summed E-state index contributed by atoms with van der Waals surface area (Å²) < 4.78 is 6.00. The van der Waals surface area contributed by atoms with Gasteiger partial charge in [-0.15, -0.1) is 0 Å². The molecule has 3 heterocycles. The topological polar surface area (TPSA) is 42.2 Å². The lowest BCUT2D eigenvalue weighted by molar-refractivity contribution is 0.277. The third kappa shape index (κ3) is 3.28. The SMILES string of the molecule is Cc1ccc(N2CCC3(C=C(c4c(-c5c(C)cccc5C)noc4C4CC4)C3)CC2)cn1. The van der Waals surface area contributed by atoms with Gasteiger partial charge in [0.1, 0.15) is 11.5 Å². The monoisotopic (exact) mass is 425 g/mol. The van der Waals surface area contributed by atoms with Gasteiger partial charge >= 0.3 is 0 Å². The third-order valence-corrected chi connectivity index (χ3v) is 7.75. The zero-order chi connectivity index (χ0) is 21.9. The molecule has 2 aliphatic carbocycles. The summed E-state index contributed by atoms with van der Waals surface area (Å²) in [5.74, 6) is 1.69. The van der Waals surface area contributed by atoms with E-state index in [4.69, 9.17) is 4.52 Å². The van der Waals surface area contributed by atoms with E-state index < -0.39 is 0 Å². The smallest absolute Gasteiger partial charge is 0.147 e. The maximum absolute atomic E-state index is 6.00. The molecule has 0 atom stereocenters. The Morgan fingerprint density at radius 2 is 1.69 bits per heavy atom. The molecule has 0 amide bonds. The van der Waals surface area contributed by atoms with Crippen molar-refractivity contribution in [2.24, 2.45) is 5.41 Å². The largest absolute Gasteiger partial charge is 0.370 e. The summed E-state index contributed by atoms with van der Waals surface area (Å²) in [6, 6.07) is 10.8. The van der Waals surface area contributed by atoms with Crippen LogP contribution in [0.25, 0.3) is 16.8 Å². The number of piperidine rings is 1. The molecule has 3 aliphatic rings. The summed E-state index contributed by atoms with van der Waals surface area (Å²) in [6.45, 7) is 8.60. The third-order valence-electron chi connectivity index (χ3n) is 7.75. The van der Waals surface area contributed by atoms with E-state index in [0.717, 1.165) is 36.7 Å².